The molecule has 0 bridgehead atoms. The molecule has 0 rings (SSSR count). The van der Waals surface area contributed by atoms with E-state index in [0.29, 0.717) is 6.42 Å². The Labute approximate surface area is 243 Å². The number of unbranched alkanes of at least 4 members (excludes halogenated alkanes) is 24. The lowest BCUT2D eigenvalue weighted by Crippen LogP contribution is -1.97. The van der Waals surface area contributed by atoms with Gasteiger partial charge in [-0.3, -0.25) is 4.57 Å². The molecule has 0 aromatic heterocycles. The van der Waals surface area contributed by atoms with Gasteiger partial charge in [0.2, 0.25) is 0 Å². The molecule has 0 unspecified atom stereocenters. The third-order valence-corrected chi connectivity index (χ3v) is 7.76. The largest absolute Gasteiger partial charge is 0.692 e. The zero-order chi connectivity index (χ0) is 29.9. The lowest BCUT2D eigenvalue weighted by Gasteiger charge is -2.03. The maximum absolute atomic E-state index is 10.6. The molecule has 9 heteroatoms. The van der Waals surface area contributed by atoms with Gasteiger partial charge in [0.25, 0.3) is 0 Å². The van der Waals surface area contributed by atoms with Crippen LogP contribution in [0.1, 0.15) is 181 Å². The molecule has 0 spiro atoms. The first-order valence-electron chi connectivity index (χ1n) is 16.3. The fraction of sp³-hybridized carbons (Fsp3) is 1.00. The van der Waals surface area contributed by atoms with Gasteiger partial charge in [0.1, 0.15) is 0 Å². The summed E-state index contributed by atoms with van der Waals surface area (Å²) >= 11 is 0. The van der Waals surface area contributed by atoms with Crippen LogP contribution in [-0.4, -0.2) is 32.3 Å². The molecule has 0 aromatic rings. The first-order valence-corrected chi connectivity index (χ1v) is 19.3. The van der Waals surface area contributed by atoms with Crippen molar-refractivity contribution in [3.05, 3.63) is 0 Å². The molecule has 0 aliphatic rings. The summed E-state index contributed by atoms with van der Waals surface area (Å²) in [5, 5.41) is 0. The van der Waals surface area contributed by atoms with Crippen molar-refractivity contribution in [1.82, 2.24) is 0 Å². The topological polar surface area (TPSA) is 141 Å². The van der Waals surface area contributed by atoms with Crippen LogP contribution in [-0.2, 0) is 9.13 Å². The molecular formula is C30H68NO6P2+. The van der Waals surface area contributed by atoms with Crippen molar-refractivity contribution in [1.29, 1.82) is 0 Å². The van der Waals surface area contributed by atoms with E-state index in [1.54, 1.807) is 0 Å². The summed E-state index contributed by atoms with van der Waals surface area (Å²) in [6, 6.07) is 0. The van der Waals surface area contributed by atoms with Gasteiger partial charge in [-0.1, -0.05) is 168 Å². The zero-order valence-corrected chi connectivity index (χ0v) is 27.7. The minimum Gasteiger partial charge on any atom is -0.330 e. The molecule has 0 aliphatic heterocycles. The number of rotatable bonds is 27. The standard InChI is InChI=1S/C18H39N.C12H27O3P.HO3P/c1-2-3-4-5-6-7-8-9-10-11-12-13-14-15-16-17-18-19;1-2-3-4-5-6-7-8-9-10-11-12-16(13,14)15;1-4(2)3/h2-19H2,1H3;2-12H2,1H3,(H2,13,14,15);(H-,1,2,3)/p+1. The fourth-order valence-corrected chi connectivity index (χ4v) is 5.13. The molecule has 0 saturated carbocycles. The van der Waals surface area contributed by atoms with Gasteiger partial charge in [-0.2, -0.15) is 0 Å². The molecule has 0 aliphatic carbocycles. The molecule has 0 atom stereocenters. The molecular weight excluding hydrogens is 532 g/mol. The van der Waals surface area contributed by atoms with Crippen molar-refractivity contribution < 1.29 is 28.7 Å². The monoisotopic (exact) mass is 600 g/mol. The van der Waals surface area contributed by atoms with Gasteiger partial charge in [0.05, 0.1) is 0 Å². The summed E-state index contributed by atoms with van der Waals surface area (Å²) in [5.74, 6) is 0. The minimum atomic E-state index is -3.74. The van der Waals surface area contributed by atoms with Crippen molar-refractivity contribution in [3.63, 3.8) is 0 Å². The smallest absolute Gasteiger partial charge is 0.330 e. The Bertz CT molecular complexity index is 486. The Morgan fingerprint density at radius 3 is 0.897 bits per heavy atom. The summed E-state index contributed by atoms with van der Waals surface area (Å²) in [7, 11) is -6.61. The molecule has 0 amide bonds. The predicted molar refractivity (Wildman–Crippen MR) is 169 cm³/mol. The highest BCUT2D eigenvalue weighted by atomic mass is 31.2. The van der Waals surface area contributed by atoms with Gasteiger partial charge in [0.15, 0.2) is 0 Å². The Hall–Kier alpha value is 0.130. The van der Waals surface area contributed by atoms with Crippen LogP contribution in [0, 0.1) is 0 Å². The van der Waals surface area contributed by atoms with E-state index in [1.165, 1.54) is 148 Å². The van der Waals surface area contributed by atoms with Gasteiger partial charge < -0.3 is 15.5 Å². The van der Waals surface area contributed by atoms with E-state index in [9.17, 15) is 4.57 Å². The Morgan fingerprint density at radius 2 is 0.692 bits per heavy atom. The lowest BCUT2D eigenvalue weighted by atomic mass is 10.0. The van der Waals surface area contributed by atoms with E-state index in [4.69, 9.17) is 29.9 Å². The third kappa shape index (κ3) is 58.7. The summed E-state index contributed by atoms with van der Waals surface area (Å²) in [5.41, 5.74) is 5.48. The third-order valence-electron chi connectivity index (χ3n) is 6.86. The van der Waals surface area contributed by atoms with Gasteiger partial charge >= 0.3 is 15.9 Å². The van der Waals surface area contributed by atoms with Crippen LogP contribution in [0.25, 0.3) is 0 Å². The molecule has 39 heavy (non-hydrogen) atoms. The molecule has 6 N–H and O–H groups in total. The van der Waals surface area contributed by atoms with E-state index in [0.717, 1.165) is 19.4 Å². The van der Waals surface area contributed by atoms with Crippen LogP contribution in [0.2, 0.25) is 0 Å². The maximum atomic E-state index is 10.6. The van der Waals surface area contributed by atoms with Gasteiger partial charge in [-0.05, 0) is 19.4 Å². The van der Waals surface area contributed by atoms with Crippen molar-refractivity contribution >= 4 is 15.9 Å². The lowest BCUT2D eigenvalue weighted by molar-refractivity contribution is 0.370. The van der Waals surface area contributed by atoms with E-state index in [1.807, 2.05) is 0 Å². The number of nitrogens with two attached hydrogens (primary N) is 1. The van der Waals surface area contributed by atoms with E-state index >= 15 is 0 Å². The minimum absolute atomic E-state index is 0.0590. The highest BCUT2D eigenvalue weighted by Gasteiger charge is 2.10. The van der Waals surface area contributed by atoms with Crippen LogP contribution in [0.4, 0.5) is 0 Å². The first kappa shape index (κ1) is 43.6. The average Bonchev–Trinajstić information content (AvgIpc) is 2.87. The predicted octanol–water partition coefficient (Wildman–Crippen LogP) is 9.92. The van der Waals surface area contributed by atoms with Crippen LogP contribution < -0.4 is 5.73 Å². The maximum Gasteiger partial charge on any atom is 0.692 e. The Kier molecular flexibility index (Phi) is 42.6. The van der Waals surface area contributed by atoms with E-state index in [2.05, 4.69) is 13.8 Å². The van der Waals surface area contributed by atoms with Crippen LogP contribution in [0.15, 0.2) is 0 Å². The molecule has 238 valence electrons. The van der Waals surface area contributed by atoms with Crippen LogP contribution >= 0.6 is 15.9 Å². The Balaban J connectivity index is -0.000000590. The van der Waals surface area contributed by atoms with Crippen molar-refractivity contribution in [2.24, 2.45) is 5.73 Å². The first-order chi connectivity index (χ1) is 18.7. The normalized spacial score (nSPS) is 10.9. The number of hydrogen-bond acceptors (Lipinski definition) is 3. The Morgan fingerprint density at radius 1 is 0.487 bits per heavy atom. The summed E-state index contributed by atoms with van der Waals surface area (Å²) in [6.07, 6.45) is 34.8. The van der Waals surface area contributed by atoms with Crippen LogP contribution in [0.5, 0.6) is 0 Å². The van der Waals surface area contributed by atoms with Crippen molar-refractivity contribution in [3.8, 4) is 0 Å². The van der Waals surface area contributed by atoms with Gasteiger partial charge in [-0.15, -0.1) is 9.79 Å². The van der Waals surface area contributed by atoms with Crippen molar-refractivity contribution in [2.45, 2.75) is 181 Å². The van der Waals surface area contributed by atoms with Gasteiger partial charge in [-0.25, -0.2) is 0 Å². The molecule has 0 aromatic carbocycles. The zero-order valence-electron chi connectivity index (χ0n) is 25.9. The van der Waals surface area contributed by atoms with Gasteiger partial charge in [0, 0.05) is 10.7 Å². The molecule has 0 fully saturated rings. The van der Waals surface area contributed by atoms with Crippen molar-refractivity contribution in [2.75, 3.05) is 12.7 Å². The SMILES string of the molecule is CCCCCCCCCCCCCCCCCCN.CCCCCCCCCCCCP(=O)(O)O.O=[P+](O)O. The van der Waals surface area contributed by atoms with Crippen LogP contribution in [0.3, 0.4) is 0 Å². The fourth-order valence-electron chi connectivity index (χ4n) is 4.50. The quantitative estimate of drug-likeness (QED) is 0.0466. The van der Waals surface area contributed by atoms with E-state index in [-0.39, 0.29) is 6.16 Å². The summed E-state index contributed by atoms with van der Waals surface area (Å²) < 4.78 is 19.3. The van der Waals surface area contributed by atoms with E-state index < -0.39 is 15.9 Å². The second-order valence-corrected chi connectivity index (χ2v) is 13.2. The average molecular weight is 601 g/mol. The second kappa shape index (κ2) is 38.1. The molecule has 0 heterocycles. The summed E-state index contributed by atoms with van der Waals surface area (Å²) in [6.45, 7) is 5.39. The summed E-state index contributed by atoms with van der Waals surface area (Å²) in [4.78, 5) is 31.5. The second-order valence-electron chi connectivity index (χ2n) is 10.9. The highest BCUT2D eigenvalue weighted by molar-refractivity contribution is 7.51. The molecule has 0 saturated heterocycles. The molecule has 0 radical (unpaired) electrons. The highest BCUT2D eigenvalue weighted by Crippen LogP contribution is 2.35. The number of hydrogen-bond donors (Lipinski definition) is 5. The molecule has 7 nitrogen and oxygen atoms in total.